The van der Waals surface area contributed by atoms with Gasteiger partial charge in [0, 0.05) is 5.56 Å². The van der Waals surface area contributed by atoms with Crippen molar-refractivity contribution in [2.45, 2.75) is 0 Å². The SMILES string of the molecule is COc1ccc(C(=O)C=Cc2cccc(F)c2)cc1F. The molecule has 2 rings (SSSR count). The fourth-order valence-electron chi connectivity index (χ4n) is 1.70. The quantitative estimate of drug-likeness (QED) is 0.625. The van der Waals surface area contributed by atoms with Crippen molar-refractivity contribution in [1.29, 1.82) is 0 Å². The molecule has 0 fully saturated rings. The van der Waals surface area contributed by atoms with Crippen molar-refractivity contribution in [2.24, 2.45) is 0 Å². The maximum absolute atomic E-state index is 13.5. The van der Waals surface area contributed by atoms with Crippen molar-refractivity contribution < 1.29 is 18.3 Å². The van der Waals surface area contributed by atoms with Crippen LogP contribution in [-0.2, 0) is 0 Å². The van der Waals surface area contributed by atoms with Crippen molar-refractivity contribution in [3.8, 4) is 5.75 Å². The number of ether oxygens (including phenoxy) is 1. The van der Waals surface area contributed by atoms with Crippen molar-refractivity contribution in [3.05, 3.63) is 71.3 Å². The van der Waals surface area contributed by atoms with Gasteiger partial charge in [0.1, 0.15) is 5.82 Å². The van der Waals surface area contributed by atoms with E-state index < -0.39 is 5.82 Å². The highest BCUT2D eigenvalue weighted by Crippen LogP contribution is 2.18. The molecule has 0 aliphatic heterocycles. The second-order valence-corrected chi connectivity index (χ2v) is 4.10. The van der Waals surface area contributed by atoms with Crippen LogP contribution < -0.4 is 4.74 Å². The molecule has 0 amide bonds. The Morgan fingerprint density at radius 2 is 1.95 bits per heavy atom. The van der Waals surface area contributed by atoms with E-state index in [4.69, 9.17) is 4.74 Å². The number of carbonyl (C=O) groups excluding carboxylic acids is 1. The van der Waals surface area contributed by atoms with E-state index >= 15 is 0 Å². The molecule has 0 aliphatic rings. The molecule has 0 aliphatic carbocycles. The Kier molecular flexibility index (Phi) is 4.25. The number of ketones is 1. The predicted octanol–water partition coefficient (Wildman–Crippen LogP) is 3.87. The molecular weight excluding hydrogens is 262 g/mol. The molecule has 0 saturated carbocycles. The van der Waals surface area contributed by atoms with Crippen LogP contribution >= 0.6 is 0 Å². The summed E-state index contributed by atoms with van der Waals surface area (Å²) in [5.74, 6) is -1.26. The minimum Gasteiger partial charge on any atom is -0.494 e. The van der Waals surface area contributed by atoms with E-state index in [0.717, 1.165) is 6.07 Å². The summed E-state index contributed by atoms with van der Waals surface area (Å²) in [5.41, 5.74) is 0.767. The third kappa shape index (κ3) is 3.29. The fraction of sp³-hybridized carbons (Fsp3) is 0.0625. The molecule has 0 spiro atoms. The lowest BCUT2D eigenvalue weighted by Gasteiger charge is -2.02. The summed E-state index contributed by atoms with van der Waals surface area (Å²) in [6, 6.07) is 9.81. The average molecular weight is 274 g/mol. The first-order valence-electron chi connectivity index (χ1n) is 5.91. The third-order valence-corrected chi connectivity index (χ3v) is 2.71. The van der Waals surface area contributed by atoms with Crippen LogP contribution in [0.3, 0.4) is 0 Å². The molecule has 0 atom stereocenters. The summed E-state index contributed by atoms with van der Waals surface area (Å²) in [6.07, 6.45) is 2.75. The Hall–Kier alpha value is -2.49. The van der Waals surface area contributed by atoms with Crippen molar-refractivity contribution in [2.75, 3.05) is 7.11 Å². The van der Waals surface area contributed by atoms with Gasteiger partial charge in [0.15, 0.2) is 17.3 Å². The lowest BCUT2D eigenvalue weighted by atomic mass is 10.1. The Bertz CT molecular complexity index is 663. The molecule has 2 aromatic rings. The summed E-state index contributed by atoms with van der Waals surface area (Å²) in [7, 11) is 1.35. The molecule has 0 heterocycles. The van der Waals surface area contributed by atoms with E-state index in [1.807, 2.05) is 0 Å². The molecule has 0 bridgehead atoms. The van der Waals surface area contributed by atoms with Crippen LogP contribution in [0.1, 0.15) is 15.9 Å². The molecule has 2 nitrogen and oxygen atoms in total. The lowest BCUT2D eigenvalue weighted by Crippen LogP contribution is -1.97. The molecular formula is C16H12F2O2. The predicted molar refractivity (Wildman–Crippen MR) is 72.7 cm³/mol. The van der Waals surface area contributed by atoms with E-state index in [-0.39, 0.29) is 22.9 Å². The zero-order chi connectivity index (χ0) is 14.5. The van der Waals surface area contributed by atoms with Gasteiger partial charge in [-0.3, -0.25) is 4.79 Å². The van der Waals surface area contributed by atoms with Gasteiger partial charge in [0.25, 0.3) is 0 Å². The van der Waals surface area contributed by atoms with Gasteiger partial charge in [-0.15, -0.1) is 0 Å². The number of methoxy groups -OCH3 is 1. The molecule has 2 aromatic carbocycles. The number of benzene rings is 2. The first-order chi connectivity index (χ1) is 9.60. The number of allylic oxidation sites excluding steroid dienone is 1. The van der Waals surface area contributed by atoms with Gasteiger partial charge in [0.2, 0.25) is 0 Å². The number of hydrogen-bond acceptors (Lipinski definition) is 2. The Balaban J connectivity index is 2.18. The summed E-state index contributed by atoms with van der Waals surface area (Å²) in [4.78, 5) is 11.9. The second kappa shape index (κ2) is 6.10. The summed E-state index contributed by atoms with van der Waals surface area (Å²) >= 11 is 0. The van der Waals surface area contributed by atoms with E-state index in [1.165, 1.54) is 43.5 Å². The number of rotatable bonds is 4. The standard InChI is InChI=1S/C16H12F2O2/c1-20-16-8-6-12(10-14(16)18)15(19)7-5-11-3-2-4-13(17)9-11/h2-10H,1H3. The van der Waals surface area contributed by atoms with Crippen molar-refractivity contribution in [1.82, 2.24) is 0 Å². The maximum atomic E-state index is 13.5. The minimum absolute atomic E-state index is 0.0793. The minimum atomic E-state index is -0.600. The first kappa shape index (κ1) is 13.9. The van der Waals surface area contributed by atoms with Crippen molar-refractivity contribution >= 4 is 11.9 Å². The average Bonchev–Trinajstić information content (AvgIpc) is 2.44. The summed E-state index contributed by atoms with van der Waals surface area (Å²) < 4.78 is 31.2. The second-order valence-electron chi connectivity index (χ2n) is 4.10. The number of halogens is 2. The van der Waals surface area contributed by atoms with Crippen LogP contribution in [0, 0.1) is 11.6 Å². The molecule has 0 radical (unpaired) electrons. The Labute approximate surface area is 115 Å². The molecule has 20 heavy (non-hydrogen) atoms. The van der Waals surface area contributed by atoms with Gasteiger partial charge in [-0.2, -0.15) is 0 Å². The van der Waals surface area contributed by atoms with Gasteiger partial charge in [0.05, 0.1) is 7.11 Å². The highest BCUT2D eigenvalue weighted by Gasteiger charge is 2.07. The lowest BCUT2D eigenvalue weighted by molar-refractivity contribution is 0.104. The normalized spacial score (nSPS) is 10.8. The monoisotopic (exact) mass is 274 g/mol. The van der Waals surface area contributed by atoms with Crippen LogP contribution in [0.2, 0.25) is 0 Å². The van der Waals surface area contributed by atoms with Crippen LogP contribution in [0.5, 0.6) is 5.75 Å². The van der Waals surface area contributed by atoms with Crippen LogP contribution in [0.15, 0.2) is 48.5 Å². The summed E-state index contributed by atoms with van der Waals surface area (Å²) in [5, 5.41) is 0. The van der Waals surface area contributed by atoms with Crippen LogP contribution in [0.25, 0.3) is 6.08 Å². The van der Waals surface area contributed by atoms with Gasteiger partial charge < -0.3 is 4.74 Å². The van der Waals surface area contributed by atoms with Crippen molar-refractivity contribution in [3.63, 3.8) is 0 Å². The summed E-state index contributed by atoms with van der Waals surface area (Å²) in [6.45, 7) is 0. The zero-order valence-corrected chi connectivity index (χ0v) is 10.8. The third-order valence-electron chi connectivity index (χ3n) is 2.71. The first-order valence-corrected chi connectivity index (χ1v) is 5.91. The van der Waals surface area contributed by atoms with Gasteiger partial charge >= 0.3 is 0 Å². The molecule has 4 heteroatoms. The van der Waals surface area contributed by atoms with Gasteiger partial charge in [-0.1, -0.05) is 18.2 Å². The molecule has 0 unspecified atom stereocenters. The largest absolute Gasteiger partial charge is 0.494 e. The van der Waals surface area contributed by atoms with E-state index in [9.17, 15) is 13.6 Å². The van der Waals surface area contributed by atoms with Gasteiger partial charge in [-0.25, -0.2) is 8.78 Å². The highest BCUT2D eigenvalue weighted by atomic mass is 19.1. The zero-order valence-electron chi connectivity index (χ0n) is 10.8. The number of carbonyl (C=O) groups is 1. The smallest absolute Gasteiger partial charge is 0.185 e. The maximum Gasteiger partial charge on any atom is 0.185 e. The van der Waals surface area contributed by atoms with Crippen LogP contribution in [0.4, 0.5) is 8.78 Å². The molecule has 0 saturated heterocycles. The molecule has 102 valence electrons. The molecule has 0 N–H and O–H groups in total. The number of hydrogen-bond donors (Lipinski definition) is 0. The van der Waals surface area contributed by atoms with E-state index in [2.05, 4.69) is 0 Å². The van der Waals surface area contributed by atoms with E-state index in [0.29, 0.717) is 5.56 Å². The Morgan fingerprint density at radius 1 is 1.15 bits per heavy atom. The Morgan fingerprint density at radius 3 is 2.60 bits per heavy atom. The van der Waals surface area contributed by atoms with Gasteiger partial charge in [-0.05, 0) is 42.0 Å². The fourth-order valence-corrected chi connectivity index (χ4v) is 1.70. The highest BCUT2D eigenvalue weighted by molar-refractivity contribution is 6.06. The molecule has 0 aromatic heterocycles. The van der Waals surface area contributed by atoms with E-state index in [1.54, 1.807) is 12.1 Å². The van der Waals surface area contributed by atoms with Crippen LogP contribution in [-0.4, -0.2) is 12.9 Å². The topological polar surface area (TPSA) is 26.3 Å².